The lowest BCUT2D eigenvalue weighted by Gasteiger charge is -2.17. The first-order valence-corrected chi connectivity index (χ1v) is 10.5. The fourth-order valence-corrected chi connectivity index (χ4v) is 3.54. The van der Waals surface area contributed by atoms with Gasteiger partial charge in [0.2, 0.25) is 15.9 Å². The maximum atomic E-state index is 12.6. The molecule has 0 fully saturated rings. The van der Waals surface area contributed by atoms with Crippen LogP contribution < -0.4 is 10.6 Å². The van der Waals surface area contributed by atoms with Crippen molar-refractivity contribution in [2.24, 2.45) is 0 Å². The summed E-state index contributed by atoms with van der Waals surface area (Å²) in [6.07, 6.45) is -0.672. The quantitative estimate of drug-likeness (QED) is 0.562. The Balaban J connectivity index is 1.97. The predicted molar refractivity (Wildman–Crippen MR) is 113 cm³/mol. The number of carbonyl (C=O) groups is 2. The largest absolute Gasteiger partial charge is 0.447 e. The number of nitriles is 1. The van der Waals surface area contributed by atoms with E-state index in [2.05, 4.69) is 10.6 Å². The van der Waals surface area contributed by atoms with E-state index in [9.17, 15) is 18.0 Å². The summed E-state index contributed by atoms with van der Waals surface area (Å²) in [6.45, 7) is -0.0692. The number of anilines is 2. The van der Waals surface area contributed by atoms with Crippen LogP contribution in [-0.2, 0) is 24.3 Å². The molecule has 0 unspecified atom stereocenters. The van der Waals surface area contributed by atoms with Crippen LogP contribution in [0.1, 0.15) is 5.56 Å². The Hall–Kier alpha value is -3.46. The molecule has 0 saturated heterocycles. The highest BCUT2D eigenvalue weighted by Gasteiger charge is 2.23. The van der Waals surface area contributed by atoms with Crippen LogP contribution in [0.2, 0.25) is 0 Å². The highest BCUT2D eigenvalue weighted by Crippen LogP contribution is 2.17. The number of benzene rings is 2. The monoisotopic (exact) mass is 446 g/mol. The van der Waals surface area contributed by atoms with E-state index in [-0.39, 0.29) is 18.1 Å². The SMILES string of the molecule is COCCOC(=O)Nc1cccc(NC(=O)CN(C)S(=O)(=O)c2ccc(C#N)cc2)c1. The number of methoxy groups -OCH3 is 1. The topological polar surface area (TPSA) is 138 Å². The Labute approximate surface area is 180 Å². The molecule has 11 heteroatoms. The van der Waals surface area contributed by atoms with Gasteiger partial charge in [0.05, 0.1) is 29.7 Å². The summed E-state index contributed by atoms with van der Waals surface area (Å²) in [5, 5.41) is 13.9. The van der Waals surface area contributed by atoms with Gasteiger partial charge < -0.3 is 14.8 Å². The molecule has 2 aromatic rings. The summed E-state index contributed by atoms with van der Waals surface area (Å²) in [5.74, 6) is -0.570. The van der Waals surface area contributed by atoms with Gasteiger partial charge in [-0.25, -0.2) is 13.2 Å². The lowest BCUT2D eigenvalue weighted by molar-refractivity contribution is -0.116. The number of nitrogens with zero attached hydrogens (tertiary/aromatic N) is 2. The van der Waals surface area contributed by atoms with Gasteiger partial charge in [-0.3, -0.25) is 10.1 Å². The minimum Gasteiger partial charge on any atom is -0.447 e. The number of amides is 2. The number of nitrogens with one attached hydrogen (secondary N) is 2. The summed E-state index contributed by atoms with van der Waals surface area (Å²) >= 11 is 0. The van der Waals surface area contributed by atoms with Crippen LogP contribution in [0, 0.1) is 11.3 Å². The third-order valence-electron chi connectivity index (χ3n) is 3.97. The Bertz CT molecular complexity index is 1060. The summed E-state index contributed by atoms with van der Waals surface area (Å²) < 4.78 is 35.8. The van der Waals surface area contributed by atoms with Crippen molar-refractivity contribution >= 4 is 33.4 Å². The molecule has 2 aromatic carbocycles. The molecular weight excluding hydrogens is 424 g/mol. The standard InChI is InChI=1S/C20H22N4O6S/c1-24(31(27,28)18-8-6-15(13-21)7-9-18)14-19(25)22-16-4-3-5-17(12-16)23-20(26)30-11-10-29-2/h3-9,12H,10-11,14H2,1-2H3,(H,22,25)(H,23,26). The maximum absolute atomic E-state index is 12.6. The molecule has 0 aliphatic heterocycles. The first-order valence-electron chi connectivity index (χ1n) is 9.05. The van der Waals surface area contributed by atoms with Gasteiger partial charge >= 0.3 is 6.09 Å². The number of rotatable bonds is 9. The molecule has 0 heterocycles. The maximum Gasteiger partial charge on any atom is 0.411 e. The highest BCUT2D eigenvalue weighted by atomic mass is 32.2. The van der Waals surface area contributed by atoms with Gasteiger partial charge in [-0.1, -0.05) is 6.07 Å². The van der Waals surface area contributed by atoms with Crippen LogP contribution in [0.3, 0.4) is 0 Å². The molecule has 0 saturated carbocycles. The molecule has 2 rings (SSSR count). The number of carbonyl (C=O) groups excluding carboxylic acids is 2. The molecule has 0 aliphatic rings. The molecule has 31 heavy (non-hydrogen) atoms. The van der Waals surface area contributed by atoms with Crippen molar-refractivity contribution in [3.05, 3.63) is 54.1 Å². The van der Waals surface area contributed by atoms with E-state index in [1.165, 1.54) is 44.5 Å². The average molecular weight is 446 g/mol. The van der Waals surface area contributed by atoms with E-state index in [1.54, 1.807) is 18.2 Å². The molecule has 0 radical (unpaired) electrons. The van der Waals surface area contributed by atoms with Crippen LogP contribution in [0.5, 0.6) is 0 Å². The molecule has 2 N–H and O–H groups in total. The lowest BCUT2D eigenvalue weighted by Crippen LogP contribution is -2.35. The van der Waals surface area contributed by atoms with E-state index < -0.39 is 28.6 Å². The van der Waals surface area contributed by atoms with Crippen LogP contribution in [0.15, 0.2) is 53.4 Å². The number of hydrogen-bond donors (Lipinski definition) is 2. The van der Waals surface area contributed by atoms with Crippen molar-refractivity contribution in [1.82, 2.24) is 4.31 Å². The fraction of sp³-hybridized carbons (Fsp3) is 0.250. The van der Waals surface area contributed by atoms with Crippen molar-refractivity contribution in [2.75, 3.05) is 44.5 Å². The normalized spacial score (nSPS) is 10.9. The van der Waals surface area contributed by atoms with E-state index >= 15 is 0 Å². The van der Waals surface area contributed by atoms with Gasteiger partial charge in [-0.05, 0) is 42.5 Å². The van der Waals surface area contributed by atoms with Gasteiger partial charge in [-0.15, -0.1) is 0 Å². The molecule has 2 amide bonds. The Kier molecular flexibility index (Phi) is 8.51. The second-order valence-electron chi connectivity index (χ2n) is 6.28. The van der Waals surface area contributed by atoms with Crippen molar-refractivity contribution in [1.29, 1.82) is 5.26 Å². The predicted octanol–water partition coefficient (Wildman–Crippen LogP) is 2.01. The van der Waals surface area contributed by atoms with E-state index in [4.69, 9.17) is 14.7 Å². The molecule has 0 atom stereocenters. The van der Waals surface area contributed by atoms with E-state index in [1.807, 2.05) is 6.07 Å². The summed E-state index contributed by atoms with van der Waals surface area (Å²) in [6, 6.07) is 13.6. The Morgan fingerprint density at radius 1 is 1.06 bits per heavy atom. The minimum absolute atomic E-state index is 0.0278. The molecule has 0 aromatic heterocycles. The van der Waals surface area contributed by atoms with Crippen molar-refractivity contribution in [2.45, 2.75) is 4.90 Å². The number of likely N-dealkylation sites (N-methyl/N-ethyl adjacent to an activating group) is 1. The zero-order valence-corrected chi connectivity index (χ0v) is 17.8. The molecule has 0 bridgehead atoms. The Morgan fingerprint density at radius 3 is 2.32 bits per heavy atom. The van der Waals surface area contributed by atoms with Crippen molar-refractivity contribution in [3.8, 4) is 6.07 Å². The van der Waals surface area contributed by atoms with Gasteiger partial charge in [0, 0.05) is 25.5 Å². The third-order valence-corrected chi connectivity index (χ3v) is 5.79. The Morgan fingerprint density at radius 2 is 1.71 bits per heavy atom. The molecule has 0 aliphatic carbocycles. The summed E-state index contributed by atoms with van der Waals surface area (Å²) in [4.78, 5) is 24.0. The smallest absolute Gasteiger partial charge is 0.411 e. The molecular formula is C20H22N4O6S. The van der Waals surface area contributed by atoms with E-state index in [0.717, 1.165) is 4.31 Å². The molecule has 164 valence electrons. The van der Waals surface area contributed by atoms with Crippen LogP contribution in [0.25, 0.3) is 0 Å². The highest BCUT2D eigenvalue weighted by molar-refractivity contribution is 7.89. The van der Waals surface area contributed by atoms with Crippen molar-refractivity contribution in [3.63, 3.8) is 0 Å². The first-order chi connectivity index (χ1) is 14.8. The van der Waals surface area contributed by atoms with Gasteiger partial charge in [0.1, 0.15) is 6.61 Å². The number of sulfonamides is 1. The second kappa shape index (κ2) is 11.1. The number of hydrogen-bond acceptors (Lipinski definition) is 7. The van der Waals surface area contributed by atoms with Gasteiger partial charge in [0.25, 0.3) is 0 Å². The lowest BCUT2D eigenvalue weighted by atomic mass is 10.2. The summed E-state index contributed by atoms with van der Waals surface area (Å²) in [5.41, 5.74) is 1.08. The minimum atomic E-state index is -3.91. The zero-order chi connectivity index (χ0) is 22.9. The average Bonchev–Trinajstić information content (AvgIpc) is 2.74. The van der Waals surface area contributed by atoms with Crippen LogP contribution in [-0.4, -0.2) is 58.6 Å². The molecule has 0 spiro atoms. The summed E-state index contributed by atoms with van der Waals surface area (Å²) in [7, 11) is -1.14. The van der Waals surface area contributed by atoms with Gasteiger partial charge in [-0.2, -0.15) is 9.57 Å². The third kappa shape index (κ3) is 7.07. The van der Waals surface area contributed by atoms with Crippen LogP contribution in [0.4, 0.5) is 16.2 Å². The van der Waals surface area contributed by atoms with Crippen molar-refractivity contribution < 1.29 is 27.5 Å². The first kappa shape index (κ1) is 23.8. The van der Waals surface area contributed by atoms with Crippen LogP contribution >= 0.6 is 0 Å². The number of ether oxygens (including phenoxy) is 2. The van der Waals surface area contributed by atoms with Gasteiger partial charge in [0.15, 0.2) is 0 Å². The zero-order valence-electron chi connectivity index (χ0n) is 17.0. The van der Waals surface area contributed by atoms with E-state index in [0.29, 0.717) is 16.9 Å². The molecule has 10 nitrogen and oxygen atoms in total. The fourth-order valence-electron chi connectivity index (χ4n) is 2.42. The second-order valence-corrected chi connectivity index (χ2v) is 8.32.